The molecule has 2 rings (SSSR count). The summed E-state index contributed by atoms with van der Waals surface area (Å²) in [6.45, 7) is 5.75. The predicted octanol–water partition coefficient (Wildman–Crippen LogP) is 1.80. The molecule has 1 aliphatic carbocycles. The number of hydrogen-bond donors (Lipinski definition) is 4. The van der Waals surface area contributed by atoms with Crippen molar-refractivity contribution in [3.63, 3.8) is 0 Å². The summed E-state index contributed by atoms with van der Waals surface area (Å²) >= 11 is 0. The highest BCUT2D eigenvalue weighted by atomic mass is 16.5. The van der Waals surface area contributed by atoms with E-state index in [1.54, 1.807) is 18.2 Å². The topological polar surface area (TPSA) is 112 Å². The lowest BCUT2D eigenvalue weighted by Gasteiger charge is -2.29. The van der Waals surface area contributed by atoms with Crippen LogP contribution in [-0.2, 0) is 9.53 Å². The first kappa shape index (κ1) is 22.5. The SMILES string of the molecule is CCNC(=NCCNC(=O)c1ccccc1O)NC1CCC(C(=O)OCC)CC1. The molecule has 0 aromatic heterocycles. The summed E-state index contributed by atoms with van der Waals surface area (Å²) in [5.74, 6) is 0.239. The number of aliphatic imine (C=N–C) groups is 1. The lowest BCUT2D eigenvalue weighted by molar-refractivity contribution is -0.149. The maximum atomic E-state index is 12.1. The Morgan fingerprint density at radius 3 is 2.52 bits per heavy atom. The fourth-order valence-electron chi connectivity index (χ4n) is 3.34. The first-order valence-electron chi connectivity index (χ1n) is 10.3. The lowest BCUT2D eigenvalue weighted by atomic mass is 9.86. The second-order valence-electron chi connectivity index (χ2n) is 6.98. The van der Waals surface area contributed by atoms with E-state index >= 15 is 0 Å². The van der Waals surface area contributed by atoms with Crippen LogP contribution in [0, 0.1) is 5.92 Å². The zero-order chi connectivity index (χ0) is 21.1. The average molecular weight is 405 g/mol. The second kappa shape index (κ2) is 11.9. The van der Waals surface area contributed by atoms with Crippen molar-refractivity contribution >= 4 is 17.8 Å². The van der Waals surface area contributed by atoms with Crippen molar-refractivity contribution < 1.29 is 19.4 Å². The molecule has 0 unspecified atom stereocenters. The maximum absolute atomic E-state index is 12.1. The van der Waals surface area contributed by atoms with Gasteiger partial charge in [0, 0.05) is 19.1 Å². The highest BCUT2D eigenvalue weighted by Crippen LogP contribution is 2.25. The molecule has 8 heteroatoms. The molecular formula is C21H32N4O4. The van der Waals surface area contributed by atoms with Crippen molar-refractivity contribution in [1.82, 2.24) is 16.0 Å². The number of phenols is 1. The fourth-order valence-corrected chi connectivity index (χ4v) is 3.34. The quantitative estimate of drug-likeness (QED) is 0.228. The molecule has 1 aromatic rings. The van der Waals surface area contributed by atoms with Crippen molar-refractivity contribution in [1.29, 1.82) is 0 Å². The van der Waals surface area contributed by atoms with Crippen molar-refractivity contribution in [2.45, 2.75) is 45.6 Å². The normalized spacial score (nSPS) is 19.3. The Balaban J connectivity index is 1.77. The predicted molar refractivity (Wildman–Crippen MR) is 112 cm³/mol. The number of benzene rings is 1. The van der Waals surface area contributed by atoms with Crippen LogP contribution in [0.5, 0.6) is 5.75 Å². The molecule has 0 bridgehead atoms. The first-order valence-corrected chi connectivity index (χ1v) is 10.3. The number of carbonyl (C=O) groups excluding carboxylic acids is 2. The van der Waals surface area contributed by atoms with Gasteiger partial charge >= 0.3 is 5.97 Å². The number of phenolic OH excluding ortho intramolecular Hbond substituents is 1. The van der Waals surface area contributed by atoms with E-state index in [0.29, 0.717) is 25.7 Å². The van der Waals surface area contributed by atoms with Gasteiger partial charge in [-0.05, 0) is 51.7 Å². The number of nitrogens with one attached hydrogen (secondary N) is 3. The molecule has 1 fully saturated rings. The minimum Gasteiger partial charge on any atom is -0.507 e. The summed E-state index contributed by atoms with van der Waals surface area (Å²) < 4.78 is 5.11. The van der Waals surface area contributed by atoms with Gasteiger partial charge in [-0.1, -0.05) is 12.1 Å². The Morgan fingerprint density at radius 2 is 1.86 bits per heavy atom. The molecular weight excluding hydrogens is 372 g/mol. The zero-order valence-corrected chi connectivity index (χ0v) is 17.2. The molecule has 1 aliphatic rings. The van der Waals surface area contributed by atoms with Crippen molar-refractivity contribution in [2.75, 3.05) is 26.2 Å². The number of para-hydroxylation sites is 1. The van der Waals surface area contributed by atoms with E-state index in [2.05, 4.69) is 20.9 Å². The number of amides is 1. The van der Waals surface area contributed by atoms with E-state index in [4.69, 9.17) is 4.74 Å². The molecule has 160 valence electrons. The number of aromatic hydroxyl groups is 1. The standard InChI is InChI=1S/C21H32N4O4/c1-3-22-21(25-16-11-9-15(10-12-16)20(28)29-4-2)24-14-13-23-19(27)17-7-5-6-8-18(17)26/h5-8,15-16,26H,3-4,9-14H2,1-2H3,(H,23,27)(H2,22,24,25). The zero-order valence-electron chi connectivity index (χ0n) is 17.2. The Hall–Kier alpha value is -2.77. The molecule has 0 radical (unpaired) electrons. The molecule has 0 heterocycles. The van der Waals surface area contributed by atoms with Gasteiger partial charge < -0.3 is 25.8 Å². The van der Waals surface area contributed by atoms with Crippen LogP contribution in [0.4, 0.5) is 0 Å². The second-order valence-corrected chi connectivity index (χ2v) is 6.98. The van der Waals surface area contributed by atoms with Crippen LogP contribution in [0.15, 0.2) is 29.3 Å². The van der Waals surface area contributed by atoms with E-state index in [1.807, 2.05) is 13.8 Å². The van der Waals surface area contributed by atoms with Gasteiger partial charge in [-0.3, -0.25) is 14.6 Å². The number of ether oxygens (including phenoxy) is 1. The first-order chi connectivity index (χ1) is 14.0. The summed E-state index contributed by atoms with van der Waals surface area (Å²) in [5, 5.41) is 19.1. The van der Waals surface area contributed by atoms with Gasteiger partial charge in [-0.15, -0.1) is 0 Å². The Kier molecular flexibility index (Phi) is 9.27. The van der Waals surface area contributed by atoms with Crippen LogP contribution in [0.3, 0.4) is 0 Å². The Bertz CT molecular complexity index is 700. The number of rotatable bonds is 8. The molecule has 0 saturated heterocycles. The van der Waals surface area contributed by atoms with Crippen molar-refractivity contribution in [2.24, 2.45) is 10.9 Å². The van der Waals surface area contributed by atoms with Gasteiger partial charge in [0.05, 0.1) is 24.6 Å². The molecule has 0 spiro atoms. The van der Waals surface area contributed by atoms with Crippen LogP contribution >= 0.6 is 0 Å². The van der Waals surface area contributed by atoms with Gasteiger partial charge in [0.15, 0.2) is 5.96 Å². The summed E-state index contributed by atoms with van der Waals surface area (Å²) in [7, 11) is 0. The molecule has 0 aliphatic heterocycles. The number of nitrogens with zero attached hydrogens (tertiary/aromatic N) is 1. The third-order valence-corrected chi connectivity index (χ3v) is 4.85. The molecule has 1 saturated carbocycles. The van der Waals surface area contributed by atoms with Gasteiger partial charge in [0.25, 0.3) is 5.91 Å². The van der Waals surface area contributed by atoms with E-state index in [-0.39, 0.29) is 35.1 Å². The third kappa shape index (κ3) is 7.29. The van der Waals surface area contributed by atoms with Gasteiger partial charge in [0.2, 0.25) is 0 Å². The minimum absolute atomic E-state index is 0.00265. The van der Waals surface area contributed by atoms with Gasteiger partial charge in [0.1, 0.15) is 5.75 Å². The van der Waals surface area contributed by atoms with Crippen LogP contribution in [0.1, 0.15) is 49.9 Å². The van der Waals surface area contributed by atoms with Crippen LogP contribution in [-0.4, -0.2) is 55.2 Å². The monoisotopic (exact) mass is 404 g/mol. The summed E-state index contributed by atoms with van der Waals surface area (Å²) in [4.78, 5) is 28.5. The number of esters is 1. The molecule has 1 aromatic carbocycles. The van der Waals surface area contributed by atoms with E-state index < -0.39 is 0 Å². The van der Waals surface area contributed by atoms with Crippen LogP contribution in [0.25, 0.3) is 0 Å². The largest absolute Gasteiger partial charge is 0.507 e. The Labute approximate surface area is 172 Å². The minimum atomic E-state index is -0.325. The molecule has 8 nitrogen and oxygen atoms in total. The van der Waals surface area contributed by atoms with Crippen molar-refractivity contribution in [3.05, 3.63) is 29.8 Å². The summed E-state index contributed by atoms with van der Waals surface area (Å²) in [6, 6.07) is 6.69. The molecule has 0 atom stereocenters. The van der Waals surface area contributed by atoms with Gasteiger partial charge in [-0.2, -0.15) is 0 Å². The van der Waals surface area contributed by atoms with E-state index in [0.717, 1.165) is 32.2 Å². The van der Waals surface area contributed by atoms with E-state index in [1.165, 1.54) is 6.07 Å². The summed E-state index contributed by atoms with van der Waals surface area (Å²) in [6.07, 6.45) is 3.40. The highest BCUT2D eigenvalue weighted by molar-refractivity contribution is 5.96. The molecule has 1 amide bonds. The molecule has 4 N–H and O–H groups in total. The maximum Gasteiger partial charge on any atom is 0.308 e. The number of guanidine groups is 1. The fraction of sp³-hybridized carbons (Fsp3) is 0.571. The smallest absolute Gasteiger partial charge is 0.308 e. The number of hydrogen-bond acceptors (Lipinski definition) is 5. The Morgan fingerprint density at radius 1 is 1.14 bits per heavy atom. The third-order valence-electron chi connectivity index (χ3n) is 4.85. The lowest BCUT2D eigenvalue weighted by Crippen LogP contribution is -2.45. The van der Waals surface area contributed by atoms with Crippen LogP contribution < -0.4 is 16.0 Å². The van der Waals surface area contributed by atoms with Crippen LogP contribution in [0.2, 0.25) is 0 Å². The highest BCUT2D eigenvalue weighted by Gasteiger charge is 2.27. The molecule has 29 heavy (non-hydrogen) atoms. The average Bonchev–Trinajstić information content (AvgIpc) is 2.72. The van der Waals surface area contributed by atoms with Gasteiger partial charge in [-0.25, -0.2) is 0 Å². The van der Waals surface area contributed by atoms with Crippen molar-refractivity contribution in [3.8, 4) is 5.75 Å². The number of carbonyl (C=O) groups is 2. The summed E-state index contributed by atoms with van der Waals surface area (Å²) in [5.41, 5.74) is 0.250. The van der Waals surface area contributed by atoms with E-state index in [9.17, 15) is 14.7 Å².